The lowest BCUT2D eigenvalue weighted by Crippen LogP contribution is -2.39. The Morgan fingerprint density at radius 3 is 2.67 bits per heavy atom. The smallest absolute Gasteiger partial charge is 0.236 e. The Kier molecular flexibility index (Phi) is 4.38. The maximum Gasteiger partial charge on any atom is 0.236 e. The van der Waals surface area contributed by atoms with Crippen molar-refractivity contribution in [1.29, 1.82) is 0 Å². The van der Waals surface area contributed by atoms with E-state index < -0.39 is 15.6 Å². The van der Waals surface area contributed by atoms with Crippen molar-refractivity contribution in [3.63, 3.8) is 0 Å². The van der Waals surface area contributed by atoms with Gasteiger partial charge in [-0.25, -0.2) is 13.1 Å². The first kappa shape index (κ1) is 17.0. The molecule has 5 nitrogen and oxygen atoms in total. The van der Waals surface area contributed by atoms with Crippen LogP contribution >= 0.6 is 0 Å². The minimum Gasteiger partial charge on any atom is -0.463 e. The number of fused-ring (bicyclic) bond motifs is 1. The largest absolute Gasteiger partial charge is 0.463 e. The fraction of sp³-hybridized carbons (Fsp3) is 0.333. The number of sulfonamides is 1. The van der Waals surface area contributed by atoms with E-state index in [1.807, 2.05) is 24.3 Å². The molecule has 1 aliphatic carbocycles. The van der Waals surface area contributed by atoms with Gasteiger partial charge in [-0.15, -0.1) is 0 Å². The fourth-order valence-corrected chi connectivity index (χ4v) is 4.07. The van der Waals surface area contributed by atoms with Gasteiger partial charge in [0.1, 0.15) is 17.1 Å². The number of rotatable bonds is 5. The van der Waals surface area contributed by atoms with Crippen molar-refractivity contribution < 1.29 is 17.9 Å². The van der Waals surface area contributed by atoms with Crippen LogP contribution in [0.3, 0.4) is 0 Å². The predicted octanol–water partition coefficient (Wildman–Crippen LogP) is 2.70. The number of aryl methyl sites for hydroxylation is 2. The molecule has 0 bridgehead atoms. The molecule has 0 saturated heterocycles. The Hall–Kier alpha value is -1.89. The van der Waals surface area contributed by atoms with Crippen LogP contribution in [0.15, 0.2) is 45.7 Å². The number of nitrogens with one attached hydrogen (secondary N) is 1. The third-order valence-electron chi connectivity index (χ3n) is 4.24. The topological polar surface area (TPSA) is 79.5 Å². The van der Waals surface area contributed by atoms with E-state index in [1.54, 1.807) is 25.1 Å². The van der Waals surface area contributed by atoms with Gasteiger partial charge in [0.25, 0.3) is 0 Å². The monoisotopic (exact) mass is 347 g/mol. The second kappa shape index (κ2) is 6.20. The SMILES string of the molecule is Cc1ccc([C@](C)(O)CNS(=O)(=O)C2=Cc3ccccc3CC2)o1. The highest BCUT2D eigenvalue weighted by Gasteiger charge is 2.30. The molecule has 1 atom stereocenters. The molecule has 128 valence electrons. The van der Waals surface area contributed by atoms with E-state index in [-0.39, 0.29) is 6.54 Å². The summed E-state index contributed by atoms with van der Waals surface area (Å²) in [5, 5.41) is 10.5. The van der Waals surface area contributed by atoms with Crippen molar-refractivity contribution in [2.24, 2.45) is 0 Å². The van der Waals surface area contributed by atoms with Crippen molar-refractivity contribution in [3.8, 4) is 0 Å². The Labute approximate surface area is 142 Å². The molecule has 0 unspecified atom stereocenters. The predicted molar refractivity (Wildman–Crippen MR) is 92.7 cm³/mol. The average molecular weight is 347 g/mol. The Morgan fingerprint density at radius 1 is 1.21 bits per heavy atom. The highest BCUT2D eigenvalue weighted by atomic mass is 32.2. The average Bonchev–Trinajstić information content (AvgIpc) is 3.00. The normalized spacial score (nSPS) is 17.0. The molecule has 6 heteroatoms. The summed E-state index contributed by atoms with van der Waals surface area (Å²) in [7, 11) is -3.65. The third kappa shape index (κ3) is 3.45. The molecular weight excluding hydrogens is 326 g/mol. The number of furan rings is 1. The fourth-order valence-electron chi connectivity index (χ4n) is 2.76. The summed E-state index contributed by atoms with van der Waals surface area (Å²) in [5.74, 6) is 1.00. The highest BCUT2D eigenvalue weighted by Crippen LogP contribution is 2.27. The molecule has 1 aromatic heterocycles. The molecule has 0 fully saturated rings. The maximum absolute atomic E-state index is 12.6. The van der Waals surface area contributed by atoms with Crippen molar-refractivity contribution in [2.75, 3.05) is 6.54 Å². The Morgan fingerprint density at radius 2 is 1.96 bits per heavy atom. The molecule has 0 aliphatic heterocycles. The van der Waals surface area contributed by atoms with Gasteiger partial charge in [-0.1, -0.05) is 24.3 Å². The van der Waals surface area contributed by atoms with Crippen molar-refractivity contribution >= 4 is 16.1 Å². The molecule has 24 heavy (non-hydrogen) atoms. The zero-order valence-electron chi connectivity index (χ0n) is 13.7. The van der Waals surface area contributed by atoms with Crippen LogP contribution < -0.4 is 4.72 Å². The highest BCUT2D eigenvalue weighted by molar-refractivity contribution is 7.93. The third-order valence-corrected chi connectivity index (χ3v) is 5.77. The molecule has 0 amide bonds. The van der Waals surface area contributed by atoms with Gasteiger partial charge in [0.05, 0.1) is 4.91 Å². The lowest BCUT2D eigenvalue weighted by Gasteiger charge is -2.23. The van der Waals surface area contributed by atoms with Gasteiger partial charge in [-0.05, 0) is 56.0 Å². The van der Waals surface area contributed by atoms with Crippen LogP contribution in [-0.2, 0) is 22.0 Å². The summed E-state index contributed by atoms with van der Waals surface area (Å²) in [5.41, 5.74) is 0.668. The van der Waals surface area contributed by atoms with E-state index in [0.29, 0.717) is 29.3 Å². The van der Waals surface area contributed by atoms with Crippen LogP contribution in [0.1, 0.15) is 36.0 Å². The summed E-state index contributed by atoms with van der Waals surface area (Å²) in [6.45, 7) is 3.15. The van der Waals surface area contributed by atoms with Crippen LogP contribution in [0.25, 0.3) is 6.08 Å². The van der Waals surface area contributed by atoms with Crippen LogP contribution in [0.5, 0.6) is 0 Å². The van der Waals surface area contributed by atoms with Crippen LogP contribution in [0, 0.1) is 6.92 Å². The standard InChI is InChI=1S/C18H21NO4S/c1-13-7-10-17(23-13)18(2,20)12-19-24(21,22)16-9-8-14-5-3-4-6-15(14)11-16/h3-7,10-11,19-20H,8-9,12H2,1-2H3/t18-/m1/s1. The zero-order chi connectivity index (χ0) is 17.4. The molecule has 0 saturated carbocycles. The zero-order valence-corrected chi connectivity index (χ0v) is 14.6. The van der Waals surface area contributed by atoms with Crippen LogP contribution in [0.2, 0.25) is 0 Å². The van der Waals surface area contributed by atoms with Gasteiger partial charge in [-0.2, -0.15) is 0 Å². The van der Waals surface area contributed by atoms with E-state index in [4.69, 9.17) is 4.42 Å². The van der Waals surface area contributed by atoms with Crippen LogP contribution in [0.4, 0.5) is 0 Å². The van der Waals surface area contributed by atoms with Gasteiger partial charge < -0.3 is 9.52 Å². The lowest BCUT2D eigenvalue weighted by molar-refractivity contribution is 0.0388. The van der Waals surface area contributed by atoms with E-state index in [0.717, 1.165) is 11.1 Å². The maximum atomic E-state index is 12.6. The van der Waals surface area contributed by atoms with Gasteiger partial charge in [-0.3, -0.25) is 0 Å². The quantitative estimate of drug-likeness (QED) is 0.871. The summed E-state index contributed by atoms with van der Waals surface area (Å²) >= 11 is 0. The van der Waals surface area contributed by atoms with Gasteiger partial charge in [0, 0.05) is 6.54 Å². The molecule has 2 aromatic rings. The molecule has 1 aliphatic rings. The van der Waals surface area contributed by atoms with Crippen molar-refractivity contribution in [3.05, 3.63) is 64.0 Å². The molecule has 3 rings (SSSR count). The molecule has 1 aromatic carbocycles. The second-order valence-corrected chi connectivity index (χ2v) is 8.14. The first-order valence-electron chi connectivity index (χ1n) is 7.85. The van der Waals surface area contributed by atoms with Crippen LogP contribution in [-0.4, -0.2) is 20.1 Å². The number of hydrogen-bond donors (Lipinski definition) is 2. The summed E-state index contributed by atoms with van der Waals surface area (Å²) in [4.78, 5) is 0.340. The molecule has 2 N–H and O–H groups in total. The molecular formula is C18H21NO4S. The molecule has 0 spiro atoms. The molecule has 0 radical (unpaired) electrons. The van der Waals surface area contributed by atoms with Gasteiger partial charge >= 0.3 is 0 Å². The van der Waals surface area contributed by atoms with E-state index in [9.17, 15) is 13.5 Å². The first-order chi connectivity index (χ1) is 11.3. The van der Waals surface area contributed by atoms with E-state index in [2.05, 4.69) is 4.72 Å². The minimum atomic E-state index is -3.65. The van der Waals surface area contributed by atoms with Gasteiger partial charge in [0.15, 0.2) is 0 Å². The van der Waals surface area contributed by atoms with Crippen molar-refractivity contribution in [2.45, 2.75) is 32.3 Å². The Bertz CT molecular complexity index is 878. The Balaban J connectivity index is 1.76. The summed E-state index contributed by atoms with van der Waals surface area (Å²) in [6.07, 6.45) is 2.85. The first-order valence-corrected chi connectivity index (χ1v) is 9.34. The number of aliphatic hydroxyl groups is 1. The van der Waals surface area contributed by atoms with E-state index in [1.165, 1.54) is 6.92 Å². The number of hydrogen-bond acceptors (Lipinski definition) is 4. The summed E-state index contributed by atoms with van der Waals surface area (Å²) in [6, 6.07) is 11.1. The second-order valence-electron chi connectivity index (χ2n) is 6.32. The lowest BCUT2D eigenvalue weighted by atomic mass is 9.98. The van der Waals surface area contributed by atoms with E-state index >= 15 is 0 Å². The van der Waals surface area contributed by atoms with Gasteiger partial charge in [0.2, 0.25) is 10.0 Å². The summed E-state index contributed by atoms with van der Waals surface area (Å²) < 4.78 is 33.0. The number of benzene rings is 1. The molecule has 1 heterocycles. The van der Waals surface area contributed by atoms with Crippen molar-refractivity contribution in [1.82, 2.24) is 4.72 Å². The number of allylic oxidation sites excluding steroid dienone is 1. The minimum absolute atomic E-state index is 0.152.